The quantitative estimate of drug-likeness (QED) is 0.198. The lowest BCUT2D eigenvalue weighted by atomic mass is 10.00. The molecule has 3 aliphatic rings. The Morgan fingerprint density at radius 3 is 2.66 bits per heavy atom. The van der Waals surface area contributed by atoms with Crippen molar-refractivity contribution >= 4 is 35.2 Å². The molecule has 0 saturated carbocycles. The third kappa shape index (κ3) is 7.76. The number of aryl methyl sites for hydroxylation is 1. The summed E-state index contributed by atoms with van der Waals surface area (Å²) in [6.45, 7) is 6.23. The van der Waals surface area contributed by atoms with Crippen LogP contribution in [-0.4, -0.2) is 90.2 Å². The molecular weight excluding hydrogens is 610 g/mol. The predicted octanol–water partition coefficient (Wildman–Crippen LogP) is 4.44. The molecule has 1 N–H and O–H groups in total. The van der Waals surface area contributed by atoms with Gasteiger partial charge in [0.25, 0.3) is 5.91 Å². The first-order valence-electron chi connectivity index (χ1n) is 16.1. The summed E-state index contributed by atoms with van der Waals surface area (Å²) in [4.78, 5) is 59.4. The van der Waals surface area contributed by atoms with Crippen LogP contribution in [0.3, 0.4) is 0 Å². The SMILES string of the molecule is C=CCOC(=O)N1c2cc(OCCCC(=O)Nc3cn(C)c(C(C)=O)n3)c(OC)cc2C(=O)N2CCCC[C@H]2C1OC1CCCCO1. The van der Waals surface area contributed by atoms with Gasteiger partial charge in [-0.15, -0.1) is 0 Å². The number of carbonyl (C=O) groups excluding carboxylic acids is 4. The Labute approximate surface area is 273 Å². The molecule has 1 aromatic carbocycles. The van der Waals surface area contributed by atoms with Crippen molar-refractivity contribution in [3.8, 4) is 11.5 Å². The van der Waals surface area contributed by atoms with Crippen LogP contribution >= 0.6 is 0 Å². The molecule has 5 rings (SSSR count). The first kappa shape index (κ1) is 33.9. The zero-order valence-electron chi connectivity index (χ0n) is 27.2. The summed E-state index contributed by atoms with van der Waals surface area (Å²) < 4.78 is 31.2. The van der Waals surface area contributed by atoms with Gasteiger partial charge in [-0.05, 0) is 51.0 Å². The number of hydrogen-bond acceptors (Lipinski definition) is 10. The molecule has 0 radical (unpaired) electrons. The van der Waals surface area contributed by atoms with Crippen LogP contribution < -0.4 is 19.7 Å². The largest absolute Gasteiger partial charge is 0.493 e. The van der Waals surface area contributed by atoms with Gasteiger partial charge in [0.15, 0.2) is 41.4 Å². The number of rotatable bonds is 12. The van der Waals surface area contributed by atoms with E-state index in [0.29, 0.717) is 38.2 Å². The fraction of sp³-hybridized carbons (Fsp3) is 0.545. The number of aromatic nitrogens is 2. The van der Waals surface area contributed by atoms with Gasteiger partial charge >= 0.3 is 6.09 Å². The minimum Gasteiger partial charge on any atom is -0.493 e. The van der Waals surface area contributed by atoms with Gasteiger partial charge in [0.2, 0.25) is 5.91 Å². The smallest absolute Gasteiger partial charge is 0.416 e. The van der Waals surface area contributed by atoms with Crippen LogP contribution in [0.15, 0.2) is 31.0 Å². The van der Waals surface area contributed by atoms with E-state index < -0.39 is 24.7 Å². The van der Waals surface area contributed by atoms with E-state index in [1.807, 2.05) is 0 Å². The summed E-state index contributed by atoms with van der Waals surface area (Å²) in [6, 6.07) is 2.74. The molecule has 2 unspecified atom stereocenters. The van der Waals surface area contributed by atoms with E-state index in [1.54, 1.807) is 34.8 Å². The summed E-state index contributed by atoms with van der Waals surface area (Å²) in [7, 11) is 3.15. The molecule has 3 atom stereocenters. The van der Waals surface area contributed by atoms with Crippen LogP contribution in [0.25, 0.3) is 0 Å². The normalized spacial score (nSPS) is 20.8. The van der Waals surface area contributed by atoms with Crippen LogP contribution in [-0.2, 0) is 26.1 Å². The number of amides is 3. The average molecular weight is 654 g/mol. The Hall–Kier alpha value is -4.43. The molecule has 2 saturated heterocycles. The maximum absolute atomic E-state index is 14.1. The minimum atomic E-state index is -0.874. The number of ketones is 1. The van der Waals surface area contributed by atoms with E-state index in [9.17, 15) is 19.2 Å². The second-order valence-electron chi connectivity index (χ2n) is 11.8. The average Bonchev–Trinajstić information content (AvgIpc) is 3.41. The van der Waals surface area contributed by atoms with Crippen LogP contribution in [0.1, 0.15) is 79.3 Å². The number of imidazole rings is 1. The predicted molar refractivity (Wildman–Crippen MR) is 171 cm³/mol. The number of nitrogens with zero attached hydrogens (tertiary/aromatic N) is 4. The van der Waals surface area contributed by atoms with E-state index in [-0.39, 0.29) is 65.9 Å². The molecule has 254 valence electrons. The number of hydrogen-bond donors (Lipinski definition) is 1. The van der Waals surface area contributed by atoms with Gasteiger partial charge in [-0.3, -0.25) is 14.4 Å². The molecule has 3 aliphatic heterocycles. The van der Waals surface area contributed by atoms with Crippen molar-refractivity contribution < 1.29 is 42.9 Å². The summed E-state index contributed by atoms with van der Waals surface area (Å²) in [5.41, 5.74) is 0.524. The fourth-order valence-corrected chi connectivity index (χ4v) is 6.16. The van der Waals surface area contributed by atoms with Gasteiger partial charge in [-0.1, -0.05) is 12.7 Å². The second-order valence-corrected chi connectivity index (χ2v) is 11.8. The van der Waals surface area contributed by atoms with Gasteiger partial charge in [0.05, 0.1) is 31.0 Å². The summed E-state index contributed by atoms with van der Waals surface area (Å²) in [6.07, 6.45) is 6.26. The lowest BCUT2D eigenvalue weighted by Crippen LogP contribution is -2.57. The van der Waals surface area contributed by atoms with Crippen molar-refractivity contribution in [1.29, 1.82) is 0 Å². The molecular formula is C33H43N5O9. The lowest BCUT2D eigenvalue weighted by molar-refractivity contribution is -0.198. The van der Waals surface area contributed by atoms with Gasteiger partial charge in [0, 0.05) is 45.8 Å². The monoisotopic (exact) mass is 653 g/mol. The Balaban J connectivity index is 1.39. The zero-order valence-corrected chi connectivity index (χ0v) is 27.2. The molecule has 3 amide bonds. The number of methoxy groups -OCH3 is 1. The van der Waals surface area contributed by atoms with E-state index in [1.165, 1.54) is 25.0 Å². The topological polar surface area (TPSA) is 151 Å². The fourth-order valence-electron chi connectivity index (χ4n) is 6.16. The first-order valence-corrected chi connectivity index (χ1v) is 16.1. The van der Waals surface area contributed by atoms with Gasteiger partial charge in [-0.2, -0.15) is 0 Å². The highest BCUT2D eigenvalue weighted by Gasteiger charge is 2.46. The standard InChI is InChI=1S/C33H43N5O9/c1-5-15-46-33(42)38-24-19-26(44-17-10-12-28(40)34-27-20-36(3)30(35-27)21(2)39)25(43-4)18-22(24)31(41)37-14-8-6-11-23(37)32(38)47-29-13-7-9-16-45-29/h5,18-20,23,29,32H,1,6-17H2,2-4H3,(H,34,40)/t23-,29?,32?/m0/s1. The molecule has 2 aromatic rings. The maximum atomic E-state index is 14.1. The lowest BCUT2D eigenvalue weighted by Gasteiger charge is -2.42. The highest BCUT2D eigenvalue weighted by atomic mass is 16.7. The Kier molecular flexibility index (Phi) is 11.1. The first-order chi connectivity index (χ1) is 22.7. The molecule has 0 spiro atoms. The van der Waals surface area contributed by atoms with E-state index >= 15 is 0 Å². The molecule has 1 aromatic heterocycles. The van der Waals surface area contributed by atoms with E-state index in [2.05, 4.69) is 16.9 Å². The number of ether oxygens (including phenoxy) is 5. The van der Waals surface area contributed by atoms with Crippen molar-refractivity contribution in [1.82, 2.24) is 14.5 Å². The third-order valence-electron chi connectivity index (χ3n) is 8.38. The van der Waals surface area contributed by atoms with Crippen molar-refractivity contribution in [3.63, 3.8) is 0 Å². The minimum absolute atomic E-state index is 0.0320. The van der Waals surface area contributed by atoms with Crippen LogP contribution in [0.4, 0.5) is 16.3 Å². The molecule has 14 heteroatoms. The molecule has 0 bridgehead atoms. The summed E-state index contributed by atoms with van der Waals surface area (Å²) in [5, 5.41) is 2.69. The number of fused-ring (bicyclic) bond motifs is 2. The summed E-state index contributed by atoms with van der Waals surface area (Å²) >= 11 is 0. The molecule has 2 fully saturated rings. The summed E-state index contributed by atoms with van der Waals surface area (Å²) in [5.74, 6) is 0.371. The van der Waals surface area contributed by atoms with Crippen molar-refractivity contribution in [3.05, 3.63) is 42.4 Å². The number of nitrogens with one attached hydrogen (secondary N) is 1. The number of carbonyl (C=O) groups is 4. The van der Waals surface area contributed by atoms with E-state index in [4.69, 9.17) is 23.7 Å². The number of benzene rings is 1. The highest BCUT2D eigenvalue weighted by molar-refractivity contribution is 6.06. The van der Waals surface area contributed by atoms with Gasteiger partial charge < -0.3 is 38.5 Å². The van der Waals surface area contributed by atoms with E-state index in [0.717, 1.165) is 25.7 Å². The van der Waals surface area contributed by atoms with Gasteiger partial charge in [0.1, 0.15) is 6.61 Å². The number of Topliss-reactive ketones (excluding diaryl/α,β-unsaturated/α-hetero) is 1. The van der Waals surface area contributed by atoms with Crippen molar-refractivity contribution in [2.45, 2.75) is 76.9 Å². The Morgan fingerprint density at radius 1 is 1.15 bits per heavy atom. The van der Waals surface area contributed by atoms with Crippen LogP contribution in [0.5, 0.6) is 11.5 Å². The van der Waals surface area contributed by atoms with Crippen LogP contribution in [0, 0.1) is 0 Å². The third-order valence-corrected chi connectivity index (χ3v) is 8.38. The molecule has 0 aliphatic carbocycles. The van der Waals surface area contributed by atoms with Crippen molar-refractivity contribution in [2.24, 2.45) is 7.05 Å². The molecule has 14 nitrogen and oxygen atoms in total. The number of anilines is 2. The van der Waals surface area contributed by atoms with Gasteiger partial charge in [-0.25, -0.2) is 14.7 Å². The van der Waals surface area contributed by atoms with Crippen LogP contribution in [0.2, 0.25) is 0 Å². The number of piperidine rings is 1. The maximum Gasteiger partial charge on any atom is 0.416 e. The Morgan fingerprint density at radius 2 is 1.96 bits per heavy atom. The molecule has 4 heterocycles. The second kappa shape index (κ2) is 15.4. The van der Waals surface area contributed by atoms with Crippen molar-refractivity contribution in [2.75, 3.05) is 43.7 Å². The zero-order chi connectivity index (χ0) is 33.5. The molecule has 47 heavy (non-hydrogen) atoms. The highest BCUT2D eigenvalue weighted by Crippen LogP contribution is 2.42. The Bertz CT molecular complexity index is 1480.